The van der Waals surface area contributed by atoms with E-state index in [1.54, 1.807) is 29.5 Å². The molecule has 4 nitrogen and oxygen atoms in total. The summed E-state index contributed by atoms with van der Waals surface area (Å²) >= 11 is 13.4. The van der Waals surface area contributed by atoms with Gasteiger partial charge < -0.3 is 10.3 Å². The average Bonchev–Trinajstić information content (AvgIpc) is 3.11. The summed E-state index contributed by atoms with van der Waals surface area (Å²) < 4.78 is 5.22. The zero-order valence-corrected chi connectivity index (χ0v) is 12.4. The lowest BCUT2D eigenvalue weighted by molar-refractivity contribution is 0.368. The van der Waals surface area contributed by atoms with E-state index in [9.17, 15) is 0 Å². The first kappa shape index (κ1) is 13.6. The van der Waals surface area contributed by atoms with Crippen LogP contribution < -0.4 is 5.73 Å². The molecule has 0 aliphatic carbocycles. The van der Waals surface area contributed by atoms with Crippen LogP contribution in [0.2, 0.25) is 10.0 Å². The van der Waals surface area contributed by atoms with Crippen LogP contribution in [-0.4, -0.2) is 10.1 Å². The molecular formula is C13H9Cl2N3OS. The highest BCUT2D eigenvalue weighted by atomic mass is 35.5. The van der Waals surface area contributed by atoms with Gasteiger partial charge in [0.1, 0.15) is 6.04 Å². The number of aromatic nitrogens is 2. The second-order valence-corrected chi connectivity index (χ2v) is 5.87. The van der Waals surface area contributed by atoms with Gasteiger partial charge in [-0.25, -0.2) is 0 Å². The maximum atomic E-state index is 6.07. The van der Waals surface area contributed by atoms with Crippen LogP contribution in [0.25, 0.3) is 11.4 Å². The van der Waals surface area contributed by atoms with E-state index < -0.39 is 6.04 Å². The van der Waals surface area contributed by atoms with Crippen LogP contribution >= 0.6 is 34.5 Å². The quantitative estimate of drug-likeness (QED) is 0.785. The Labute approximate surface area is 129 Å². The molecule has 2 heterocycles. The smallest absolute Gasteiger partial charge is 0.249 e. The third-order valence-electron chi connectivity index (χ3n) is 2.74. The van der Waals surface area contributed by atoms with Crippen molar-refractivity contribution in [2.45, 2.75) is 6.04 Å². The predicted molar refractivity (Wildman–Crippen MR) is 80.1 cm³/mol. The number of benzene rings is 1. The number of hydrogen-bond acceptors (Lipinski definition) is 5. The van der Waals surface area contributed by atoms with Crippen molar-refractivity contribution in [3.63, 3.8) is 0 Å². The van der Waals surface area contributed by atoms with Gasteiger partial charge in [0.05, 0.1) is 10.0 Å². The molecule has 1 atom stereocenters. The Morgan fingerprint density at radius 1 is 1.20 bits per heavy atom. The van der Waals surface area contributed by atoms with Gasteiger partial charge in [-0.1, -0.05) is 34.4 Å². The van der Waals surface area contributed by atoms with Crippen LogP contribution in [0.15, 0.2) is 40.2 Å². The number of thiophene rings is 1. The molecule has 2 aromatic heterocycles. The SMILES string of the molecule is NC(c1nc(-c2ccc(Cl)c(Cl)c2)no1)c1cccs1. The van der Waals surface area contributed by atoms with E-state index in [-0.39, 0.29) is 0 Å². The molecule has 0 spiro atoms. The number of nitrogens with two attached hydrogens (primary N) is 1. The van der Waals surface area contributed by atoms with Crippen LogP contribution in [0.3, 0.4) is 0 Å². The van der Waals surface area contributed by atoms with Gasteiger partial charge in [0.15, 0.2) is 0 Å². The van der Waals surface area contributed by atoms with Crippen molar-refractivity contribution in [1.82, 2.24) is 10.1 Å². The normalized spacial score (nSPS) is 12.6. The van der Waals surface area contributed by atoms with E-state index in [4.69, 9.17) is 33.5 Å². The van der Waals surface area contributed by atoms with Crippen LogP contribution in [0.4, 0.5) is 0 Å². The summed E-state index contributed by atoms with van der Waals surface area (Å²) in [5.74, 6) is 0.805. The van der Waals surface area contributed by atoms with Gasteiger partial charge in [-0.3, -0.25) is 0 Å². The first-order valence-corrected chi connectivity index (χ1v) is 7.36. The minimum Gasteiger partial charge on any atom is -0.337 e. The highest BCUT2D eigenvalue weighted by molar-refractivity contribution is 7.10. The van der Waals surface area contributed by atoms with E-state index in [1.807, 2.05) is 17.5 Å². The first-order valence-electron chi connectivity index (χ1n) is 5.73. The van der Waals surface area contributed by atoms with Crippen LogP contribution in [0.1, 0.15) is 16.8 Å². The van der Waals surface area contributed by atoms with E-state index in [2.05, 4.69) is 10.1 Å². The predicted octanol–water partition coefficient (Wildman–Crippen LogP) is 4.15. The lowest BCUT2D eigenvalue weighted by Crippen LogP contribution is -2.10. The van der Waals surface area contributed by atoms with Gasteiger partial charge >= 0.3 is 0 Å². The molecular weight excluding hydrogens is 317 g/mol. The second kappa shape index (κ2) is 5.54. The van der Waals surface area contributed by atoms with Gasteiger partial charge in [0.2, 0.25) is 11.7 Å². The first-order chi connectivity index (χ1) is 9.65. The molecule has 3 rings (SSSR count). The van der Waals surface area contributed by atoms with Crippen LogP contribution in [0.5, 0.6) is 0 Å². The van der Waals surface area contributed by atoms with Gasteiger partial charge in [-0.2, -0.15) is 4.98 Å². The molecule has 2 N–H and O–H groups in total. The van der Waals surface area contributed by atoms with Gasteiger partial charge in [-0.05, 0) is 29.6 Å². The molecule has 0 radical (unpaired) electrons. The largest absolute Gasteiger partial charge is 0.337 e. The monoisotopic (exact) mass is 325 g/mol. The minimum absolute atomic E-state index is 0.369. The molecule has 0 amide bonds. The second-order valence-electron chi connectivity index (χ2n) is 4.08. The lowest BCUT2D eigenvalue weighted by Gasteiger charge is -2.01. The summed E-state index contributed by atoms with van der Waals surface area (Å²) in [4.78, 5) is 5.28. The number of hydrogen-bond donors (Lipinski definition) is 1. The van der Waals surface area contributed by atoms with Crippen molar-refractivity contribution in [2.75, 3.05) is 0 Å². The topological polar surface area (TPSA) is 64.9 Å². The molecule has 20 heavy (non-hydrogen) atoms. The molecule has 0 saturated carbocycles. The molecule has 0 aliphatic heterocycles. The standard InChI is InChI=1S/C13H9Cl2N3OS/c14-8-4-3-7(6-9(8)15)12-17-13(19-18-12)11(16)10-2-1-5-20-10/h1-6,11H,16H2. The average molecular weight is 326 g/mol. The molecule has 102 valence electrons. The van der Waals surface area contributed by atoms with Crippen molar-refractivity contribution < 1.29 is 4.52 Å². The Bertz CT molecular complexity index is 727. The highest BCUT2D eigenvalue weighted by Crippen LogP contribution is 2.28. The molecule has 1 unspecified atom stereocenters. The fraction of sp³-hybridized carbons (Fsp3) is 0.0769. The zero-order chi connectivity index (χ0) is 14.1. The van der Waals surface area contributed by atoms with Crippen LogP contribution in [-0.2, 0) is 0 Å². The maximum absolute atomic E-state index is 6.07. The van der Waals surface area contributed by atoms with Crippen molar-refractivity contribution in [1.29, 1.82) is 0 Å². The van der Waals surface area contributed by atoms with Crippen molar-refractivity contribution >= 4 is 34.5 Å². The molecule has 3 aromatic rings. The van der Waals surface area contributed by atoms with Gasteiger partial charge in [0, 0.05) is 10.4 Å². The fourth-order valence-electron chi connectivity index (χ4n) is 1.70. The minimum atomic E-state index is -0.418. The maximum Gasteiger partial charge on any atom is 0.249 e. The molecule has 0 bridgehead atoms. The Kier molecular flexibility index (Phi) is 3.76. The summed E-state index contributed by atoms with van der Waals surface area (Å²) in [6.07, 6.45) is 0. The van der Waals surface area contributed by atoms with Crippen molar-refractivity contribution in [2.24, 2.45) is 5.73 Å². The summed E-state index contributed by atoms with van der Waals surface area (Å²) in [7, 11) is 0. The Balaban J connectivity index is 1.92. The van der Waals surface area contributed by atoms with E-state index in [1.165, 1.54) is 0 Å². The molecule has 1 aromatic carbocycles. The van der Waals surface area contributed by atoms with E-state index in [0.717, 1.165) is 10.4 Å². The Hall–Kier alpha value is -1.40. The third-order valence-corrected chi connectivity index (χ3v) is 4.43. The summed E-state index contributed by atoms with van der Waals surface area (Å²) in [5, 5.41) is 6.80. The lowest BCUT2D eigenvalue weighted by atomic mass is 10.2. The number of halogens is 2. The fourth-order valence-corrected chi connectivity index (χ4v) is 2.72. The number of nitrogens with zero attached hydrogens (tertiary/aromatic N) is 2. The van der Waals surface area contributed by atoms with Gasteiger partial charge in [0.25, 0.3) is 0 Å². The summed E-state index contributed by atoms with van der Waals surface area (Å²) in [6, 6.07) is 8.59. The van der Waals surface area contributed by atoms with E-state index in [0.29, 0.717) is 21.8 Å². The highest BCUT2D eigenvalue weighted by Gasteiger charge is 2.18. The summed E-state index contributed by atoms with van der Waals surface area (Å²) in [5.41, 5.74) is 6.80. The van der Waals surface area contributed by atoms with E-state index >= 15 is 0 Å². The Morgan fingerprint density at radius 2 is 2.05 bits per heavy atom. The molecule has 0 aliphatic rings. The van der Waals surface area contributed by atoms with Crippen LogP contribution in [0, 0.1) is 0 Å². The molecule has 0 fully saturated rings. The van der Waals surface area contributed by atoms with Crippen molar-refractivity contribution in [3.05, 3.63) is 56.5 Å². The molecule has 7 heteroatoms. The third kappa shape index (κ3) is 2.58. The van der Waals surface area contributed by atoms with Crippen molar-refractivity contribution in [3.8, 4) is 11.4 Å². The molecule has 0 saturated heterocycles. The Morgan fingerprint density at radius 3 is 2.75 bits per heavy atom. The summed E-state index contributed by atoms with van der Waals surface area (Å²) in [6.45, 7) is 0. The number of rotatable bonds is 3. The van der Waals surface area contributed by atoms with Gasteiger partial charge in [-0.15, -0.1) is 11.3 Å². The zero-order valence-electron chi connectivity index (χ0n) is 10.1.